The Morgan fingerprint density at radius 3 is 2.59 bits per heavy atom. The van der Waals surface area contributed by atoms with Crippen molar-refractivity contribution in [2.75, 3.05) is 0 Å². The number of benzene rings is 1. The summed E-state index contributed by atoms with van der Waals surface area (Å²) in [5.74, 6) is -0.799. The fourth-order valence-corrected chi connectivity index (χ4v) is 3.32. The number of aromatic nitrogens is 4. The highest BCUT2D eigenvalue weighted by Crippen LogP contribution is 2.21. The Kier molecular flexibility index (Phi) is 5.30. The van der Waals surface area contributed by atoms with E-state index >= 15 is 0 Å². The molecule has 1 N–H and O–H groups in total. The zero-order valence-electron chi connectivity index (χ0n) is 17.6. The number of carbonyl (C=O) groups excluding carboxylic acids is 1. The molecule has 1 amide bonds. The molecule has 1 aromatic carbocycles. The minimum absolute atomic E-state index is 0.261. The van der Waals surface area contributed by atoms with Crippen LogP contribution in [-0.4, -0.2) is 25.5 Å². The maximum Gasteiger partial charge on any atom is 0.293 e. The molecule has 0 fully saturated rings. The first-order valence-electron chi connectivity index (χ1n) is 9.50. The van der Waals surface area contributed by atoms with Gasteiger partial charge in [0.05, 0.1) is 23.5 Å². The first-order chi connectivity index (χ1) is 13.5. The number of rotatable bonds is 4. The summed E-state index contributed by atoms with van der Waals surface area (Å²) in [4.78, 5) is 25.5. The normalized spacial score (nSPS) is 12.9. The maximum atomic E-state index is 14.2. The van der Waals surface area contributed by atoms with Crippen LogP contribution >= 0.6 is 0 Å². The summed E-state index contributed by atoms with van der Waals surface area (Å²) >= 11 is 0. The van der Waals surface area contributed by atoms with Crippen molar-refractivity contribution in [1.82, 2.24) is 24.9 Å². The van der Waals surface area contributed by atoms with Gasteiger partial charge in [-0.3, -0.25) is 14.3 Å². The van der Waals surface area contributed by atoms with Crippen LogP contribution in [0.15, 0.2) is 29.2 Å². The van der Waals surface area contributed by atoms with Gasteiger partial charge < -0.3 is 5.32 Å². The maximum absolute atomic E-state index is 14.2. The molecule has 8 heteroatoms. The molecule has 2 heterocycles. The Morgan fingerprint density at radius 2 is 1.97 bits per heavy atom. The molecule has 0 spiro atoms. The van der Waals surface area contributed by atoms with Gasteiger partial charge in [-0.05, 0) is 53.2 Å². The largest absolute Gasteiger partial charge is 0.348 e. The van der Waals surface area contributed by atoms with Crippen molar-refractivity contribution in [3.63, 3.8) is 0 Å². The van der Waals surface area contributed by atoms with Crippen molar-refractivity contribution < 1.29 is 9.18 Å². The minimum Gasteiger partial charge on any atom is -0.348 e. The topological polar surface area (TPSA) is 81.8 Å². The third-order valence-corrected chi connectivity index (χ3v) is 4.80. The number of hydrogen-bond donors (Lipinski definition) is 1. The Labute approximate surface area is 168 Å². The molecule has 29 heavy (non-hydrogen) atoms. The van der Waals surface area contributed by atoms with Crippen molar-refractivity contribution in [1.29, 1.82) is 0 Å². The second kappa shape index (κ2) is 7.42. The van der Waals surface area contributed by atoms with E-state index in [0.29, 0.717) is 22.2 Å². The van der Waals surface area contributed by atoms with E-state index < -0.39 is 17.5 Å². The van der Waals surface area contributed by atoms with Gasteiger partial charge in [-0.25, -0.2) is 9.07 Å². The van der Waals surface area contributed by atoms with Crippen LogP contribution in [0.4, 0.5) is 4.39 Å². The Morgan fingerprint density at radius 1 is 1.28 bits per heavy atom. The predicted molar refractivity (Wildman–Crippen MR) is 109 cm³/mol. The number of hydrogen-bond acceptors (Lipinski definition) is 4. The zero-order valence-corrected chi connectivity index (χ0v) is 17.6. The summed E-state index contributed by atoms with van der Waals surface area (Å²) in [5, 5.41) is 12.0. The van der Waals surface area contributed by atoms with Crippen LogP contribution in [0.2, 0.25) is 0 Å². The van der Waals surface area contributed by atoms with Gasteiger partial charge in [-0.15, -0.1) is 0 Å². The summed E-state index contributed by atoms with van der Waals surface area (Å²) < 4.78 is 16.9. The van der Waals surface area contributed by atoms with Crippen LogP contribution in [0.25, 0.3) is 10.9 Å². The minimum atomic E-state index is -0.538. The number of aryl methyl sites for hydroxylation is 2. The van der Waals surface area contributed by atoms with Gasteiger partial charge in [-0.1, -0.05) is 12.1 Å². The van der Waals surface area contributed by atoms with Crippen molar-refractivity contribution in [2.24, 2.45) is 0 Å². The van der Waals surface area contributed by atoms with E-state index in [2.05, 4.69) is 15.5 Å². The summed E-state index contributed by atoms with van der Waals surface area (Å²) in [7, 11) is 0. The average Bonchev–Trinajstić information content (AvgIpc) is 3.05. The molecule has 1 atom stereocenters. The first kappa shape index (κ1) is 20.7. The lowest BCUT2D eigenvalue weighted by Gasteiger charge is -2.20. The van der Waals surface area contributed by atoms with Crippen LogP contribution in [0.3, 0.4) is 0 Å². The standard InChI is InChI=1S/C21H26FN5O2/c1-12-7-8-15(17(22)9-12)13(2)24-18(28)11-26-20(29)19-16(14(3)25-26)10-23-27(19)21(4,5)6/h7-10,13H,11H2,1-6H3,(H,24,28). The molecular formula is C21H26FN5O2. The molecule has 0 aliphatic carbocycles. The summed E-state index contributed by atoms with van der Waals surface area (Å²) in [6.45, 7) is 10.9. The third-order valence-electron chi connectivity index (χ3n) is 4.80. The van der Waals surface area contributed by atoms with Gasteiger partial charge in [0.15, 0.2) is 0 Å². The molecular weight excluding hydrogens is 373 g/mol. The third kappa shape index (κ3) is 4.06. The number of fused-ring (bicyclic) bond motifs is 1. The van der Waals surface area contributed by atoms with Crippen molar-refractivity contribution in [2.45, 2.75) is 59.7 Å². The summed E-state index contributed by atoms with van der Waals surface area (Å²) in [6, 6.07) is 4.33. The van der Waals surface area contributed by atoms with Crippen LogP contribution in [-0.2, 0) is 16.9 Å². The van der Waals surface area contributed by atoms with E-state index in [1.165, 1.54) is 6.07 Å². The highest BCUT2D eigenvalue weighted by Gasteiger charge is 2.22. The number of halogens is 1. The Hall–Kier alpha value is -3.03. The summed E-state index contributed by atoms with van der Waals surface area (Å²) in [5.41, 5.74) is 1.44. The van der Waals surface area contributed by atoms with Gasteiger partial charge in [0, 0.05) is 10.9 Å². The smallest absolute Gasteiger partial charge is 0.293 e. The van der Waals surface area contributed by atoms with Crippen LogP contribution < -0.4 is 10.9 Å². The van der Waals surface area contributed by atoms with Crippen molar-refractivity contribution in [3.8, 4) is 0 Å². The second-order valence-corrected chi connectivity index (χ2v) is 8.35. The molecule has 0 aliphatic rings. The van der Waals surface area contributed by atoms with E-state index in [0.717, 1.165) is 10.2 Å². The summed E-state index contributed by atoms with van der Waals surface area (Å²) in [6.07, 6.45) is 1.62. The van der Waals surface area contributed by atoms with Crippen LogP contribution in [0.5, 0.6) is 0 Å². The van der Waals surface area contributed by atoms with Crippen LogP contribution in [0, 0.1) is 19.7 Å². The second-order valence-electron chi connectivity index (χ2n) is 8.35. The van der Waals surface area contributed by atoms with E-state index in [1.807, 2.05) is 20.8 Å². The molecule has 3 rings (SSSR count). The van der Waals surface area contributed by atoms with Gasteiger partial charge in [0.1, 0.15) is 17.9 Å². The molecule has 7 nitrogen and oxygen atoms in total. The van der Waals surface area contributed by atoms with Crippen molar-refractivity contribution >= 4 is 16.8 Å². The average molecular weight is 399 g/mol. The van der Waals surface area contributed by atoms with Crippen LogP contribution in [0.1, 0.15) is 50.6 Å². The molecule has 154 valence electrons. The van der Waals surface area contributed by atoms with E-state index in [-0.39, 0.29) is 17.9 Å². The molecule has 0 bridgehead atoms. The SMILES string of the molecule is Cc1ccc(C(C)NC(=O)Cn2nc(C)c3cnn(C(C)(C)C)c3c2=O)c(F)c1. The van der Waals surface area contributed by atoms with Gasteiger partial charge in [0.25, 0.3) is 5.56 Å². The molecule has 3 aromatic rings. The Bertz CT molecular complexity index is 1140. The molecule has 0 radical (unpaired) electrons. The number of nitrogens with zero attached hydrogens (tertiary/aromatic N) is 4. The fraction of sp³-hybridized carbons (Fsp3) is 0.429. The Balaban J connectivity index is 1.89. The highest BCUT2D eigenvalue weighted by molar-refractivity contribution is 5.81. The highest BCUT2D eigenvalue weighted by atomic mass is 19.1. The molecule has 0 aliphatic heterocycles. The number of carbonyl (C=O) groups is 1. The lowest BCUT2D eigenvalue weighted by atomic mass is 10.1. The molecule has 1 unspecified atom stereocenters. The van der Waals surface area contributed by atoms with E-state index in [9.17, 15) is 14.0 Å². The monoisotopic (exact) mass is 399 g/mol. The predicted octanol–water partition coefficient (Wildman–Crippen LogP) is 2.98. The fourth-order valence-electron chi connectivity index (χ4n) is 3.32. The first-order valence-corrected chi connectivity index (χ1v) is 9.50. The lowest BCUT2D eigenvalue weighted by molar-refractivity contribution is -0.122. The molecule has 0 saturated heterocycles. The quantitative estimate of drug-likeness (QED) is 0.731. The van der Waals surface area contributed by atoms with Gasteiger partial charge in [-0.2, -0.15) is 10.2 Å². The lowest BCUT2D eigenvalue weighted by Crippen LogP contribution is -2.37. The number of nitrogens with one attached hydrogen (secondary N) is 1. The van der Waals surface area contributed by atoms with E-state index in [4.69, 9.17) is 0 Å². The number of amides is 1. The van der Waals surface area contributed by atoms with Gasteiger partial charge in [0.2, 0.25) is 5.91 Å². The zero-order chi connectivity index (χ0) is 21.5. The molecule has 0 saturated carbocycles. The van der Waals surface area contributed by atoms with Crippen molar-refractivity contribution in [3.05, 3.63) is 57.4 Å². The molecule has 2 aromatic heterocycles. The van der Waals surface area contributed by atoms with E-state index in [1.54, 1.807) is 43.8 Å². The van der Waals surface area contributed by atoms with Gasteiger partial charge >= 0.3 is 0 Å².